The van der Waals surface area contributed by atoms with E-state index in [0.29, 0.717) is 0 Å². The Kier molecular flexibility index (Phi) is 5.62. The van der Waals surface area contributed by atoms with Gasteiger partial charge in [0.1, 0.15) is 0 Å². The summed E-state index contributed by atoms with van der Waals surface area (Å²) in [4.78, 5) is 15.5. The van der Waals surface area contributed by atoms with Crippen LogP contribution in [-0.4, -0.2) is 48.6 Å². The number of hydrogen-bond acceptors (Lipinski definition) is 3. The molecule has 126 valence electrons. The highest BCUT2D eigenvalue weighted by atomic mass is 16.1. The maximum absolute atomic E-state index is 10.7. The Balaban J connectivity index is 1.77. The fourth-order valence-corrected chi connectivity index (χ4v) is 3.47. The van der Waals surface area contributed by atoms with Gasteiger partial charge in [-0.25, -0.2) is 0 Å². The van der Waals surface area contributed by atoms with Crippen molar-refractivity contribution in [1.82, 2.24) is 15.1 Å². The molecule has 1 unspecified atom stereocenters. The van der Waals surface area contributed by atoms with Crippen molar-refractivity contribution in [2.24, 2.45) is 0 Å². The molecule has 0 spiro atoms. The second-order valence-electron chi connectivity index (χ2n) is 6.26. The summed E-state index contributed by atoms with van der Waals surface area (Å²) in [6.45, 7) is 5.92. The summed E-state index contributed by atoms with van der Waals surface area (Å²) in [5, 5.41) is 2.85. The van der Waals surface area contributed by atoms with Gasteiger partial charge in [-0.15, -0.1) is 0 Å². The molecule has 2 aromatic carbocycles. The smallest absolute Gasteiger partial charge is 0.208 e. The van der Waals surface area contributed by atoms with Crippen molar-refractivity contribution in [2.75, 3.05) is 26.2 Å². The predicted octanol–water partition coefficient (Wildman–Crippen LogP) is 2.49. The molecule has 1 saturated heterocycles. The van der Waals surface area contributed by atoms with Crippen LogP contribution in [0.25, 0.3) is 0 Å². The Labute approximate surface area is 144 Å². The van der Waals surface area contributed by atoms with E-state index in [0.717, 1.165) is 32.6 Å². The third-order valence-corrected chi connectivity index (χ3v) is 4.80. The molecule has 0 aliphatic carbocycles. The standard InChI is InChI=1S/C20H25N3O/c1-17(21-16-24)22-12-14-23(15-13-22)20(18-8-4-2-5-9-18)19-10-6-3-7-11-19/h2-11,16-17,20H,12-15H2,1H3,(H,21,24). The van der Waals surface area contributed by atoms with Crippen molar-refractivity contribution in [3.05, 3.63) is 71.8 Å². The molecule has 1 atom stereocenters. The van der Waals surface area contributed by atoms with Gasteiger partial charge >= 0.3 is 0 Å². The minimum Gasteiger partial charge on any atom is -0.343 e. The van der Waals surface area contributed by atoms with E-state index in [1.807, 2.05) is 6.92 Å². The molecule has 1 heterocycles. The largest absolute Gasteiger partial charge is 0.343 e. The first-order chi connectivity index (χ1) is 11.8. The highest BCUT2D eigenvalue weighted by Gasteiger charge is 2.27. The van der Waals surface area contributed by atoms with Gasteiger partial charge in [-0.3, -0.25) is 14.6 Å². The lowest BCUT2D eigenvalue weighted by Gasteiger charge is -2.41. The molecule has 2 aromatic rings. The van der Waals surface area contributed by atoms with Crippen molar-refractivity contribution >= 4 is 6.41 Å². The molecule has 0 bridgehead atoms. The lowest BCUT2D eigenvalue weighted by molar-refractivity contribution is -0.111. The van der Waals surface area contributed by atoms with E-state index in [2.05, 4.69) is 75.8 Å². The molecule has 0 radical (unpaired) electrons. The second kappa shape index (κ2) is 8.08. The van der Waals surface area contributed by atoms with Crippen LogP contribution in [-0.2, 0) is 4.79 Å². The minimum atomic E-state index is 0.0940. The van der Waals surface area contributed by atoms with Crippen LogP contribution < -0.4 is 5.32 Å². The number of nitrogens with one attached hydrogen (secondary N) is 1. The van der Waals surface area contributed by atoms with Crippen molar-refractivity contribution in [2.45, 2.75) is 19.1 Å². The molecule has 1 fully saturated rings. The number of hydrogen-bond donors (Lipinski definition) is 1. The molecule has 1 aliphatic rings. The van der Waals surface area contributed by atoms with E-state index in [9.17, 15) is 4.79 Å². The first-order valence-electron chi connectivity index (χ1n) is 8.57. The summed E-state index contributed by atoms with van der Waals surface area (Å²) in [6, 6.07) is 21.7. The first-order valence-corrected chi connectivity index (χ1v) is 8.57. The van der Waals surface area contributed by atoms with Gasteiger partial charge in [0.05, 0.1) is 12.2 Å². The van der Waals surface area contributed by atoms with Crippen LogP contribution in [0.4, 0.5) is 0 Å². The monoisotopic (exact) mass is 323 g/mol. The topological polar surface area (TPSA) is 35.6 Å². The lowest BCUT2D eigenvalue weighted by atomic mass is 9.96. The zero-order valence-corrected chi connectivity index (χ0v) is 14.1. The average Bonchev–Trinajstić information content (AvgIpc) is 2.64. The maximum Gasteiger partial charge on any atom is 0.208 e. The van der Waals surface area contributed by atoms with Gasteiger partial charge in [0.25, 0.3) is 0 Å². The third-order valence-electron chi connectivity index (χ3n) is 4.80. The summed E-state index contributed by atoms with van der Waals surface area (Å²) in [5.41, 5.74) is 2.66. The van der Waals surface area contributed by atoms with Crippen LogP contribution in [0.2, 0.25) is 0 Å². The molecular weight excluding hydrogens is 298 g/mol. The zero-order valence-electron chi connectivity index (χ0n) is 14.1. The van der Waals surface area contributed by atoms with Gasteiger partial charge in [0.2, 0.25) is 6.41 Å². The van der Waals surface area contributed by atoms with Crippen LogP contribution in [0.5, 0.6) is 0 Å². The molecule has 1 aliphatic heterocycles. The second-order valence-corrected chi connectivity index (χ2v) is 6.26. The van der Waals surface area contributed by atoms with Crippen molar-refractivity contribution < 1.29 is 4.79 Å². The van der Waals surface area contributed by atoms with E-state index in [1.54, 1.807) is 0 Å². The van der Waals surface area contributed by atoms with Crippen LogP contribution >= 0.6 is 0 Å². The Hall–Kier alpha value is -2.17. The van der Waals surface area contributed by atoms with Crippen LogP contribution in [0.15, 0.2) is 60.7 Å². The highest BCUT2D eigenvalue weighted by molar-refractivity contribution is 5.46. The normalized spacial score (nSPS) is 17.6. The number of carbonyl (C=O) groups excluding carboxylic acids is 1. The highest BCUT2D eigenvalue weighted by Crippen LogP contribution is 2.29. The van der Waals surface area contributed by atoms with Gasteiger partial charge in [-0.2, -0.15) is 0 Å². The zero-order chi connectivity index (χ0) is 16.8. The Morgan fingerprint density at radius 3 is 1.75 bits per heavy atom. The number of benzene rings is 2. The molecule has 0 aromatic heterocycles. The van der Waals surface area contributed by atoms with Gasteiger partial charge in [0.15, 0.2) is 0 Å². The Morgan fingerprint density at radius 2 is 1.29 bits per heavy atom. The summed E-state index contributed by atoms with van der Waals surface area (Å²) in [6.07, 6.45) is 0.880. The predicted molar refractivity (Wildman–Crippen MR) is 96.5 cm³/mol. The van der Waals surface area contributed by atoms with Crippen molar-refractivity contribution in [3.8, 4) is 0 Å². The molecule has 4 nitrogen and oxygen atoms in total. The van der Waals surface area contributed by atoms with Gasteiger partial charge in [-0.05, 0) is 18.1 Å². The number of piperazine rings is 1. The van der Waals surface area contributed by atoms with Crippen LogP contribution in [0, 0.1) is 0 Å². The number of carbonyl (C=O) groups is 1. The van der Waals surface area contributed by atoms with E-state index in [-0.39, 0.29) is 12.2 Å². The fourth-order valence-electron chi connectivity index (χ4n) is 3.47. The fraction of sp³-hybridized carbons (Fsp3) is 0.350. The van der Waals surface area contributed by atoms with Gasteiger partial charge in [0, 0.05) is 26.2 Å². The molecule has 1 N–H and O–H groups in total. The minimum absolute atomic E-state index is 0.0940. The number of amides is 1. The van der Waals surface area contributed by atoms with E-state index < -0.39 is 0 Å². The average molecular weight is 323 g/mol. The summed E-state index contributed by atoms with van der Waals surface area (Å²) in [7, 11) is 0. The Bertz CT molecular complexity index is 584. The lowest BCUT2D eigenvalue weighted by Crippen LogP contribution is -2.54. The first kappa shape index (κ1) is 16.7. The summed E-state index contributed by atoms with van der Waals surface area (Å²) < 4.78 is 0. The van der Waals surface area contributed by atoms with Gasteiger partial charge < -0.3 is 5.32 Å². The summed E-state index contributed by atoms with van der Waals surface area (Å²) in [5.74, 6) is 0. The molecule has 0 saturated carbocycles. The van der Waals surface area contributed by atoms with E-state index in [4.69, 9.17) is 0 Å². The number of rotatable bonds is 6. The van der Waals surface area contributed by atoms with Gasteiger partial charge in [-0.1, -0.05) is 60.7 Å². The number of nitrogens with zero attached hydrogens (tertiary/aromatic N) is 2. The van der Waals surface area contributed by atoms with Crippen molar-refractivity contribution in [1.29, 1.82) is 0 Å². The molecule has 4 heteroatoms. The summed E-state index contributed by atoms with van der Waals surface area (Å²) >= 11 is 0. The molecule has 3 rings (SSSR count). The van der Waals surface area contributed by atoms with E-state index in [1.165, 1.54) is 11.1 Å². The third kappa shape index (κ3) is 3.83. The quantitative estimate of drug-likeness (QED) is 0.830. The van der Waals surface area contributed by atoms with Crippen molar-refractivity contribution in [3.63, 3.8) is 0 Å². The SMILES string of the molecule is CC(NC=O)N1CCN(C(c2ccccc2)c2ccccc2)CC1. The molecule has 24 heavy (non-hydrogen) atoms. The maximum atomic E-state index is 10.7. The molecular formula is C20H25N3O. The van der Waals surface area contributed by atoms with Crippen LogP contribution in [0.3, 0.4) is 0 Å². The van der Waals surface area contributed by atoms with E-state index >= 15 is 0 Å². The molecule has 1 amide bonds. The Morgan fingerprint density at radius 1 is 0.833 bits per heavy atom. The van der Waals surface area contributed by atoms with Crippen LogP contribution in [0.1, 0.15) is 24.1 Å².